The van der Waals surface area contributed by atoms with E-state index in [4.69, 9.17) is 0 Å². The predicted molar refractivity (Wildman–Crippen MR) is 54.0 cm³/mol. The zero-order valence-electron chi connectivity index (χ0n) is 7.53. The molecule has 1 rings (SSSR count). The highest BCUT2D eigenvalue weighted by Crippen LogP contribution is 2.15. The monoisotopic (exact) mass is 244 g/mol. The number of benzene rings is 1. The van der Waals surface area contributed by atoms with Gasteiger partial charge in [0.15, 0.2) is 5.78 Å². The Morgan fingerprint density at radius 2 is 2.00 bits per heavy atom. The van der Waals surface area contributed by atoms with E-state index in [1.54, 1.807) is 13.0 Å². The van der Waals surface area contributed by atoms with Gasteiger partial charge in [0.25, 0.3) is 0 Å². The van der Waals surface area contributed by atoms with E-state index in [0.717, 1.165) is 5.56 Å². The van der Waals surface area contributed by atoms with Crippen LogP contribution in [0.3, 0.4) is 0 Å². The first kappa shape index (κ1) is 10.4. The van der Waals surface area contributed by atoms with Crippen LogP contribution in [-0.2, 0) is 0 Å². The summed E-state index contributed by atoms with van der Waals surface area (Å²) in [6, 6.07) is 2.99. The molecule has 0 spiro atoms. The van der Waals surface area contributed by atoms with Crippen molar-refractivity contribution in [3.05, 3.63) is 34.6 Å². The van der Waals surface area contributed by atoms with Gasteiger partial charge < -0.3 is 0 Å². The minimum atomic E-state index is -0.324. The van der Waals surface area contributed by atoms with Crippen molar-refractivity contribution in [1.82, 2.24) is 0 Å². The lowest BCUT2D eigenvalue weighted by Gasteiger charge is -2.04. The van der Waals surface area contributed by atoms with Crippen LogP contribution in [0.15, 0.2) is 12.1 Å². The third kappa shape index (κ3) is 2.15. The summed E-state index contributed by atoms with van der Waals surface area (Å²) in [5, 5.41) is 0.232. The van der Waals surface area contributed by atoms with Crippen LogP contribution in [-0.4, -0.2) is 11.1 Å². The number of alkyl halides is 1. The van der Waals surface area contributed by atoms with E-state index >= 15 is 0 Å². The van der Waals surface area contributed by atoms with E-state index in [2.05, 4.69) is 15.9 Å². The van der Waals surface area contributed by atoms with Gasteiger partial charge in [-0.2, -0.15) is 0 Å². The molecule has 0 unspecified atom stereocenters. The molecule has 0 saturated carbocycles. The summed E-state index contributed by atoms with van der Waals surface area (Å²) in [6.45, 7) is 3.49. The third-order valence-corrected chi connectivity index (χ3v) is 2.44. The lowest BCUT2D eigenvalue weighted by molar-refractivity contribution is 0.102. The molecule has 1 nitrogen and oxygen atoms in total. The Kier molecular flexibility index (Phi) is 3.20. The fourth-order valence-electron chi connectivity index (χ4n) is 1.20. The molecule has 3 heteroatoms. The molecule has 1 aromatic rings. The fraction of sp³-hybridized carbons (Fsp3) is 0.300. The normalized spacial score (nSPS) is 10.2. The number of halogens is 2. The Balaban J connectivity index is 3.23. The highest BCUT2D eigenvalue weighted by Gasteiger charge is 2.10. The zero-order chi connectivity index (χ0) is 10.0. The maximum Gasteiger partial charge on any atom is 0.173 e. The topological polar surface area (TPSA) is 17.1 Å². The van der Waals surface area contributed by atoms with Gasteiger partial charge in [0.2, 0.25) is 0 Å². The van der Waals surface area contributed by atoms with Crippen molar-refractivity contribution < 1.29 is 9.18 Å². The molecule has 0 radical (unpaired) electrons. The molecule has 0 N–H and O–H groups in total. The standard InChI is InChI=1S/C10H10BrFO/c1-6-3-7(2)9(12)4-8(6)10(13)5-11/h3-4H,5H2,1-2H3. The molecule has 70 valence electrons. The van der Waals surface area contributed by atoms with Crippen molar-refractivity contribution in [2.45, 2.75) is 13.8 Å². The van der Waals surface area contributed by atoms with Crippen LogP contribution in [0, 0.1) is 19.7 Å². The van der Waals surface area contributed by atoms with Crippen molar-refractivity contribution >= 4 is 21.7 Å². The average molecular weight is 245 g/mol. The van der Waals surface area contributed by atoms with Gasteiger partial charge in [0, 0.05) is 5.56 Å². The number of aryl methyl sites for hydroxylation is 2. The maximum absolute atomic E-state index is 13.1. The van der Waals surface area contributed by atoms with Gasteiger partial charge >= 0.3 is 0 Å². The first-order valence-corrected chi connectivity index (χ1v) is 5.04. The van der Waals surface area contributed by atoms with Crippen LogP contribution in [0.4, 0.5) is 4.39 Å². The highest BCUT2D eigenvalue weighted by atomic mass is 79.9. The quantitative estimate of drug-likeness (QED) is 0.578. The SMILES string of the molecule is Cc1cc(C)c(C(=O)CBr)cc1F. The number of carbonyl (C=O) groups excluding carboxylic acids is 1. The van der Waals surface area contributed by atoms with E-state index in [0.29, 0.717) is 11.1 Å². The van der Waals surface area contributed by atoms with Crippen LogP contribution in [0.1, 0.15) is 21.5 Å². The first-order valence-electron chi connectivity index (χ1n) is 3.92. The largest absolute Gasteiger partial charge is 0.293 e. The third-order valence-electron chi connectivity index (χ3n) is 1.93. The minimum absolute atomic E-state index is 0.0867. The molecule has 13 heavy (non-hydrogen) atoms. The summed E-state index contributed by atoms with van der Waals surface area (Å²) in [5.74, 6) is -0.411. The summed E-state index contributed by atoms with van der Waals surface area (Å²) < 4.78 is 13.1. The van der Waals surface area contributed by atoms with E-state index in [9.17, 15) is 9.18 Å². The molecule has 0 fully saturated rings. The van der Waals surface area contributed by atoms with Gasteiger partial charge in [0.05, 0.1) is 5.33 Å². The number of ketones is 1. The van der Waals surface area contributed by atoms with E-state index in [1.807, 2.05) is 6.92 Å². The van der Waals surface area contributed by atoms with Crippen molar-refractivity contribution in [2.24, 2.45) is 0 Å². The van der Waals surface area contributed by atoms with Crippen LogP contribution >= 0.6 is 15.9 Å². The second-order valence-electron chi connectivity index (χ2n) is 2.97. The number of carbonyl (C=O) groups is 1. The molecule has 0 heterocycles. The molecule has 0 aliphatic heterocycles. The van der Waals surface area contributed by atoms with Gasteiger partial charge in [-0.25, -0.2) is 4.39 Å². The van der Waals surface area contributed by atoms with Gasteiger partial charge in [-0.05, 0) is 31.0 Å². The van der Waals surface area contributed by atoms with Crippen molar-refractivity contribution in [2.75, 3.05) is 5.33 Å². The first-order chi connectivity index (χ1) is 6.06. The summed E-state index contributed by atoms with van der Waals surface area (Å²) in [4.78, 5) is 11.3. The lowest BCUT2D eigenvalue weighted by atomic mass is 10.0. The number of Topliss-reactive ketones (excluding diaryl/α,β-unsaturated/α-hetero) is 1. The van der Waals surface area contributed by atoms with Gasteiger partial charge in [-0.1, -0.05) is 22.0 Å². The molecule has 0 saturated heterocycles. The number of hydrogen-bond acceptors (Lipinski definition) is 1. The minimum Gasteiger partial charge on any atom is -0.293 e. The van der Waals surface area contributed by atoms with Gasteiger partial charge in [0.1, 0.15) is 5.82 Å². The molecular formula is C10H10BrFO. The van der Waals surface area contributed by atoms with Crippen LogP contribution in [0.25, 0.3) is 0 Å². The van der Waals surface area contributed by atoms with E-state index in [-0.39, 0.29) is 16.9 Å². The molecular weight excluding hydrogens is 235 g/mol. The Labute approximate surface area is 85.1 Å². The molecule has 0 aliphatic carbocycles. The van der Waals surface area contributed by atoms with Crippen LogP contribution in [0.2, 0.25) is 0 Å². The van der Waals surface area contributed by atoms with E-state index < -0.39 is 0 Å². The number of hydrogen-bond donors (Lipinski definition) is 0. The number of rotatable bonds is 2. The summed E-state index contributed by atoms with van der Waals surface area (Å²) in [6.07, 6.45) is 0. The Bertz CT molecular complexity index is 347. The Morgan fingerprint density at radius 3 is 2.54 bits per heavy atom. The highest BCUT2D eigenvalue weighted by molar-refractivity contribution is 9.09. The van der Waals surface area contributed by atoms with Crippen LogP contribution in [0.5, 0.6) is 0 Å². The molecule has 1 aromatic carbocycles. The van der Waals surface area contributed by atoms with Gasteiger partial charge in [-0.3, -0.25) is 4.79 Å². The fourth-order valence-corrected chi connectivity index (χ4v) is 1.50. The Morgan fingerprint density at radius 1 is 1.38 bits per heavy atom. The average Bonchev–Trinajstić information content (AvgIpc) is 2.10. The lowest BCUT2D eigenvalue weighted by Crippen LogP contribution is -2.04. The summed E-state index contributed by atoms with van der Waals surface area (Å²) in [7, 11) is 0. The smallest absolute Gasteiger partial charge is 0.173 e. The van der Waals surface area contributed by atoms with Crippen LogP contribution < -0.4 is 0 Å². The van der Waals surface area contributed by atoms with E-state index in [1.165, 1.54) is 6.07 Å². The molecule has 0 amide bonds. The Hall–Kier alpha value is -0.700. The summed E-state index contributed by atoms with van der Waals surface area (Å²) >= 11 is 3.06. The van der Waals surface area contributed by atoms with Crippen molar-refractivity contribution in [1.29, 1.82) is 0 Å². The second kappa shape index (κ2) is 4.01. The maximum atomic E-state index is 13.1. The second-order valence-corrected chi connectivity index (χ2v) is 3.53. The van der Waals surface area contributed by atoms with Crippen molar-refractivity contribution in [3.8, 4) is 0 Å². The molecule has 0 atom stereocenters. The summed E-state index contributed by atoms with van der Waals surface area (Å²) in [5.41, 5.74) is 1.85. The molecule has 0 aliphatic rings. The molecule has 0 bridgehead atoms. The van der Waals surface area contributed by atoms with Gasteiger partial charge in [-0.15, -0.1) is 0 Å². The molecule has 0 aromatic heterocycles. The van der Waals surface area contributed by atoms with Crippen molar-refractivity contribution in [3.63, 3.8) is 0 Å². The predicted octanol–water partition coefficient (Wildman–Crippen LogP) is 3.02. The zero-order valence-corrected chi connectivity index (χ0v) is 9.11.